The summed E-state index contributed by atoms with van der Waals surface area (Å²) >= 11 is 1.79. The van der Waals surface area contributed by atoms with Crippen LogP contribution in [0.25, 0.3) is 0 Å². The molecule has 3 nitrogen and oxygen atoms in total. The summed E-state index contributed by atoms with van der Waals surface area (Å²) in [5.74, 6) is 0. The molecule has 1 aliphatic rings. The normalized spacial score (nSPS) is 22.1. The molecule has 2 heterocycles. The molecule has 0 radical (unpaired) electrons. The van der Waals surface area contributed by atoms with Gasteiger partial charge < -0.3 is 10.2 Å². The Hall–Kier alpha value is -0.610. The van der Waals surface area contributed by atoms with E-state index < -0.39 is 0 Å². The summed E-state index contributed by atoms with van der Waals surface area (Å²) < 4.78 is 0. The molecule has 4 heteroatoms. The van der Waals surface area contributed by atoms with E-state index in [4.69, 9.17) is 4.98 Å². The van der Waals surface area contributed by atoms with Gasteiger partial charge in [-0.3, -0.25) is 0 Å². The van der Waals surface area contributed by atoms with Crippen LogP contribution in [0.3, 0.4) is 0 Å². The lowest BCUT2D eigenvalue weighted by molar-refractivity contribution is 0.560. The average Bonchev–Trinajstić information content (AvgIpc) is 2.93. The second-order valence-corrected chi connectivity index (χ2v) is 5.75. The molecule has 0 aromatic carbocycles. The fourth-order valence-corrected chi connectivity index (χ4v) is 3.34. The van der Waals surface area contributed by atoms with Crippen LogP contribution in [0.2, 0.25) is 0 Å². The van der Waals surface area contributed by atoms with Crippen molar-refractivity contribution in [2.75, 3.05) is 18.0 Å². The lowest BCUT2D eigenvalue weighted by atomic mass is 10.2. The third-order valence-corrected chi connectivity index (χ3v) is 4.35. The molecular weight excluding hydrogens is 230 g/mol. The minimum atomic E-state index is 0.373. The van der Waals surface area contributed by atoms with Crippen LogP contribution in [0, 0.1) is 0 Å². The number of anilines is 1. The standard InChI is InChI=1S/C13H23N3S/c1-4-7-14-11(3)12-9-17-13(15-12)16-8-5-6-10(16)2/h9-11,14H,4-8H2,1-3H3. The maximum absolute atomic E-state index is 4.78. The van der Waals surface area contributed by atoms with E-state index in [0.717, 1.165) is 6.54 Å². The zero-order valence-electron chi connectivity index (χ0n) is 11.1. The lowest BCUT2D eigenvalue weighted by Gasteiger charge is -2.20. The monoisotopic (exact) mass is 253 g/mol. The van der Waals surface area contributed by atoms with Gasteiger partial charge >= 0.3 is 0 Å². The minimum absolute atomic E-state index is 0.373. The summed E-state index contributed by atoms with van der Waals surface area (Å²) in [5, 5.41) is 6.90. The van der Waals surface area contributed by atoms with Crippen molar-refractivity contribution in [2.24, 2.45) is 0 Å². The van der Waals surface area contributed by atoms with Crippen molar-refractivity contribution in [3.8, 4) is 0 Å². The molecule has 0 bridgehead atoms. The van der Waals surface area contributed by atoms with Crippen LogP contribution in [0.1, 0.15) is 51.8 Å². The zero-order chi connectivity index (χ0) is 12.3. The highest BCUT2D eigenvalue weighted by molar-refractivity contribution is 7.13. The van der Waals surface area contributed by atoms with Gasteiger partial charge in [0.05, 0.1) is 5.69 Å². The van der Waals surface area contributed by atoms with E-state index in [0.29, 0.717) is 12.1 Å². The predicted molar refractivity (Wildman–Crippen MR) is 74.9 cm³/mol. The first kappa shape index (κ1) is 12.8. The van der Waals surface area contributed by atoms with Crippen molar-refractivity contribution in [3.05, 3.63) is 11.1 Å². The van der Waals surface area contributed by atoms with Gasteiger partial charge in [0.1, 0.15) is 0 Å². The van der Waals surface area contributed by atoms with Crippen LogP contribution in [-0.4, -0.2) is 24.1 Å². The van der Waals surface area contributed by atoms with Crippen LogP contribution in [0.5, 0.6) is 0 Å². The fraction of sp³-hybridized carbons (Fsp3) is 0.769. The molecule has 1 aromatic rings. The van der Waals surface area contributed by atoms with E-state index in [1.54, 1.807) is 11.3 Å². The molecule has 2 atom stereocenters. The van der Waals surface area contributed by atoms with E-state index in [9.17, 15) is 0 Å². The van der Waals surface area contributed by atoms with Crippen LogP contribution >= 0.6 is 11.3 Å². The molecule has 1 saturated heterocycles. The van der Waals surface area contributed by atoms with Gasteiger partial charge in [0, 0.05) is 24.0 Å². The van der Waals surface area contributed by atoms with Gasteiger partial charge in [-0.05, 0) is 39.7 Å². The van der Waals surface area contributed by atoms with Crippen molar-refractivity contribution >= 4 is 16.5 Å². The smallest absolute Gasteiger partial charge is 0.185 e. The van der Waals surface area contributed by atoms with Crippen molar-refractivity contribution in [2.45, 2.75) is 52.1 Å². The van der Waals surface area contributed by atoms with Gasteiger partial charge in [-0.15, -0.1) is 11.3 Å². The van der Waals surface area contributed by atoms with E-state index >= 15 is 0 Å². The number of hydrogen-bond donors (Lipinski definition) is 1. The van der Waals surface area contributed by atoms with Gasteiger partial charge in [-0.1, -0.05) is 6.92 Å². The topological polar surface area (TPSA) is 28.2 Å². The summed E-state index contributed by atoms with van der Waals surface area (Å²) in [6, 6.07) is 1.03. The van der Waals surface area contributed by atoms with Crippen molar-refractivity contribution in [1.82, 2.24) is 10.3 Å². The van der Waals surface area contributed by atoms with Crippen molar-refractivity contribution in [3.63, 3.8) is 0 Å². The Morgan fingerprint density at radius 1 is 1.65 bits per heavy atom. The third-order valence-electron chi connectivity index (χ3n) is 3.45. The summed E-state index contributed by atoms with van der Waals surface area (Å²) in [4.78, 5) is 7.22. The van der Waals surface area contributed by atoms with Gasteiger partial charge in [0.15, 0.2) is 5.13 Å². The quantitative estimate of drug-likeness (QED) is 0.873. The molecule has 96 valence electrons. The first-order valence-corrected chi connectivity index (χ1v) is 7.55. The molecule has 0 saturated carbocycles. The zero-order valence-corrected chi connectivity index (χ0v) is 11.9. The van der Waals surface area contributed by atoms with E-state index in [1.807, 2.05) is 0 Å². The first-order chi connectivity index (χ1) is 8.22. The SMILES string of the molecule is CCCNC(C)c1csc(N2CCCC2C)n1. The number of nitrogens with one attached hydrogen (secondary N) is 1. The Morgan fingerprint density at radius 3 is 3.12 bits per heavy atom. The fourth-order valence-electron chi connectivity index (χ4n) is 2.29. The number of nitrogens with zero attached hydrogens (tertiary/aromatic N) is 2. The molecule has 2 rings (SSSR count). The van der Waals surface area contributed by atoms with Gasteiger partial charge in [0.2, 0.25) is 0 Å². The summed E-state index contributed by atoms with van der Waals surface area (Å²) in [6.07, 6.45) is 3.78. The van der Waals surface area contributed by atoms with E-state index in [1.165, 1.54) is 36.6 Å². The Kier molecular flexibility index (Phi) is 4.40. The molecule has 1 aliphatic heterocycles. The maximum Gasteiger partial charge on any atom is 0.185 e. The number of hydrogen-bond acceptors (Lipinski definition) is 4. The second kappa shape index (κ2) is 5.83. The summed E-state index contributed by atoms with van der Waals surface area (Å²) in [5.41, 5.74) is 1.19. The molecule has 1 N–H and O–H groups in total. The Labute approximate surface area is 108 Å². The average molecular weight is 253 g/mol. The largest absolute Gasteiger partial charge is 0.345 e. The predicted octanol–water partition coefficient (Wildman–Crippen LogP) is 3.19. The van der Waals surface area contributed by atoms with E-state index in [2.05, 4.69) is 36.4 Å². The van der Waals surface area contributed by atoms with Crippen molar-refractivity contribution in [1.29, 1.82) is 0 Å². The Balaban J connectivity index is 2.00. The lowest BCUT2D eigenvalue weighted by Crippen LogP contribution is -2.26. The van der Waals surface area contributed by atoms with Crippen LogP contribution < -0.4 is 10.2 Å². The Morgan fingerprint density at radius 2 is 2.47 bits per heavy atom. The van der Waals surface area contributed by atoms with Crippen molar-refractivity contribution < 1.29 is 0 Å². The highest BCUT2D eigenvalue weighted by atomic mass is 32.1. The molecule has 1 aromatic heterocycles. The van der Waals surface area contributed by atoms with Gasteiger partial charge in [-0.25, -0.2) is 4.98 Å². The minimum Gasteiger partial charge on any atom is -0.345 e. The van der Waals surface area contributed by atoms with E-state index in [-0.39, 0.29) is 0 Å². The van der Waals surface area contributed by atoms with Gasteiger partial charge in [0.25, 0.3) is 0 Å². The molecule has 17 heavy (non-hydrogen) atoms. The number of thiazole rings is 1. The molecule has 2 unspecified atom stereocenters. The van der Waals surface area contributed by atoms with Crippen LogP contribution in [0.4, 0.5) is 5.13 Å². The molecule has 0 amide bonds. The van der Waals surface area contributed by atoms with Crippen LogP contribution in [0.15, 0.2) is 5.38 Å². The summed E-state index contributed by atoms with van der Waals surface area (Å²) in [6.45, 7) is 8.92. The number of aromatic nitrogens is 1. The molecule has 0 aliphatic carbocycles. The summed E-state index contributed by atoms with van der Waals surface area (Å²) in [7, 11) is 0. The highest BCUT2D eigenvalue weighted by Crippen LogP contribution is 2.29. The third kappa shape index (κ3) is 2.99. The van der Waals surface area contributed by atoms with Gasteiger partial charge in [-0.2, -0.15) is 0 Å². The first-order valence-electron chi connectivity index (χ1n) is 6.67. The maximum atomic E-state index is 4.78. The molecular formula is C13H23N3S. The second-order valence-electron chi connectivity index (χ2n) is 4.92. The van der Waals surface area contributed by atoms with Crippen LogP contribution in [-0.2, 0) is 0 Å². The highest BCUT2D eigenvalue weighted by Gasteiger charge is 2.23. The molecule has 1 fully saturated rings. The Bertz CT molecular complexity index is 350. The molecule has 0 spiro atoms. The number of rotatable bonds is 5.